The molecule has 84 valence electrons. The van der Waals surface area contributed by atoms with Gasteiger partial charge in [-0.05, 0) is 19.1 Å². The van der Waals surface area contributed by atoms with Gasteiger partial charge in [0.1, 0.15) is 0 Å². The van der Waals surface area contributed by atoms with E-state index >= 15 is 0 Å². The summed E-state index contributed by atoms with van der Waals surface area (Å²) in [4.78, 5) is 6.32. The molecule has 1 rings (SSSR count). The molecular formula is C11H19N3O. The summed E-state index contributed by atoms with van der Waals surface area (Å²) >= 11 is 0. The van der Waals surface area contributed by atoms with E-state index in [9.17, 15) is 0 Å². The first kappa shape index (κ1) is 11.9. The largest absolute Gasteiger partial charge is 0.383 e. The van der Waals surface area contributed by atoms with Gasteiger partial charge in [-0.25, -0.2) is 0 Å². The van der Waals surface area contributed by atoms with Gasteiger partial charge in [0.2, 0.25) is 0 Å². The van der Waals surface area contributed by atoms with E-state index in [1.165, 1.54) is 0 Å². The number of nitrogens with two attached hydrogens (primary N) is 1. The van der Waals surface area contributed by atoms with Crippen LogP contribution in [0.5, 0.6) is 0 Å². The van der Waals surface area contributed by atoms with Crippen molar-refractivity contribution in [3.63, 3.8) is 0 Å². The summed E-state index contributed by atoms with van der Waals surface area (Å²) in [6.07, 6.45) is 1.79. The Bertz CT molecular complexity index is 304. The molecule has 15 heavy (non-hydrogen) atoms. The van der Waals surface area contributed by atoms with Gasteiger partial charge in [0, 0.05) is 38.6 Å². The number of rotatable bonds is 5. The SMILES string of the molecule is COCC(C)N(C)c1ccnc(CN)c1. The van der Waals surface area contributed by atoms with Crippen molar-refractivity contribution < 1.29 is 4.74 Å². The number of hydrogen-bond acceptors (Lipinski definition) is 4. The second-order valence-corrected chi connectivity index (χ2v) is 3.62. The van der Waals surface area contributed by atoms with Gasteiger partial charge in [0.05, 0.1) is 12.3 Å². The summed E-state index contributed by atoms with van der Waals surface area (Å²) in [5.74, 6) is 0. The Morgan fingerprint density at radius 3 is 2.93 bits per heavy atom. The molecule has 4 heteroatoms. The maximum absolute atomic E-state index is 5.55. The van der Waals surface area contributed by atoms with Gasteiger partial charge < -0.3 is 15.4 Å². The zero-order valence-electron chi connectivity index (χ0n) is 9.60. The number of ether oxygens (including phenoxy) is 1. The van der Waals surface area contributed by atoms with Crippen LogP contribution in [0.1, 0.15) is 12.6 Å². The van der Waals surface area contributed by atoms with Crippen molar-refractivity contribution in [2.24, 2.45) is 5.73 Å². The number of pyridine rings is 1. The summed E-state index contributed by atoms with van der Waals surface area (Å²) in [5.41, 5.74) is 7.57. The van der Waals surface area contributed by atoms with Crippen LogP contribution in [-0.4, -0.2) is 31.8 Å². The van der Waals surface area contributed by atoms with Crippen molar-refractivity contribution in [2.45, 2.75) is 19.5 Å². The van der Waals surface area contributed by atoms with Crippen molar-refractivity contribution in [3.8, 4) is 0 Å². The first-order valence-electron chi connectivity index (χ1n) is 5.05. The van der Waals surface area contributed by atoms with Crippen LogP contribution in [0.25, 0.3) is 0 Å². The average Bonchev–Trinajstić information content (AvgIpc) is 2.28. The maximum Gasteiger partial charge on any atom is 0.0663 e. The first-order valence-corrected chi connectivity index (χ1v) is 5.05. The van der Waals surface area contributed by atoms with E-state index in [4.69, 9.17) is 10.5 Å². The molecule has 0 amide bonds. The van der Waals surface area contributed by atoms with Crippen LogP contribution in [0.2, 0.25) is 0 Å². The molecule has 0 radical (unpaired) electrons. The molecule has 1 aromatic heterocycles. The molecule has 1 heterocycles. The van der Waals surface area contributed by atoms with E-state index in [0.29, 0.717) is 19.2 Å². The van der Waals surface area contributed by atoms with Crippen LogP contribution < -0.4 is 10.6 Å². The minimum atomic E-state index is 0.336. The van der Waals surface area contributed by atoms with E-state index in [-0.39, 0.29) is 0 Å². The van der Waals surface area contributed by atoms with Gasteiger partial charge >= 0.3 is 0 Å². The van der Waals surface area contributed by atoms with Gasteiger partial charge in [0.25, 0.3) is 0 Å². The van der Waals surface area contributed by atoms with Crippen LogP contribution in [0, 0.1) is 0 Å². The van der Waals surface area contributed by atoms with E-state index < -0.39 is 0 Å². The minimum absolute atomic E-state index is 0.336. The second kappa shape index (κ2) is 5.68. The van der Waals surface area contributed by atoms with Gasteiger partial charge in [-0.3, -0.25) is 4.98 Å². The highest BCUT2D eigenvalue weighted by molar-refractivity contribution is 5.46. The summed E-state index contributed by atoms with van der Waals surface area (Å²) in [7, 11) is 3.75. The number of hydrogen-bond donors (Lipinski definition) is 1. The molecule has 0 saturated heterocycles. The number of likely N-dealkylation sites (N-methyl/N-ethyl adjacent to an activating group) is 1. The van der Waals surface area contributed by atoms with Gasteiger partial charge in [-0.15, -0.1) is 0 Å². The molecule has 2 N–H and O–H groups in total. The lowest BCUT2D eigenvalue weighted by atomic mass is 10.2. The van der Waals surface area contributed by atoms with Crippen molar-refractivity contribution in [1.29, 1.82) is 0 Å². The molecule has 1 atom stereocenters. The Balaban J connectivity index is 2.76. The molecular weight excluding hydrogens is 190 g/mol. The topological polar surface area (TPSA) is 51.4 Å². The lowest BCUT2D eigenvalue weighted by Crippen LogP contribution is -2.32. The van der Waals surface area contributed by atoms with E-state index in [1.807, 2.05) is 19.2 Å². The normalized spacial score (nSPS) is 12.5. The molecule has 0 fully saturated rings. The summed E-state index contributed by atoms with van der Waals surface area (Å²) < 4.78 is 5.12. The fraction of sp³-hybridized carbons (Fsp3) is 0.545. The third kappa shape index (κ3) is 3.18. The predicted octanol–water partition coefficient (Wildman–Crippen LogP) is 1.01. The third-order valence-corrected chi connectivity index (χ3v) is 2.49. The van der Waals surface area contributed by atoms with Gasteiger partial charge in [-0.2, -0.15) is 0 Å². The van der Waals surface area contributed by atoms with E-state index in [2.05, 4.69) is 16.8 Å². The Morgan fingerprint density at radius 2 is 2.33 bits per heavy atom. The zero-order valence-corrected chi connectivity index (χ0v) is 9.60. The highest BCUT2D eigenvalue weighted by Crippen LogP contribution is 2.15. The molecule has 1 aromatic rings. The Kier molecular flexibility index (Phi) is 4.52. The Morgan fingerprint density at radius 1 is 1.60 bits per heavy atom. The Hall–Kier alpha value is -1.13. The number of aromatic nitrogens is 1. The van der Waals surface area contributed by atoms with Crippen LogP contribution >= 0.6 is 0 Å². The highest BCUT2D eigenvalue weighted by atomic mass is 16.5. The van der Waals surface area contributed by atoms with Crippen LogP contribution in [0.4, 0.5) is 5.69 Å². The Labute approximate surface area is 91.1 Å². The van der Waals surface area contributed by atoms with Crippen molar-refractivity contribution in [3.05, 3.63) is 24.0 Å². The molecule has 0 aliphatic rings. The third-order valence-electron chi connectivity index (χ3n) is 2.49. The fourth-order valence-corrected chi connectivity index (χ4v) is 1.40. The van der Waals surface area contributed by atoms with Gasteiger partial charge in [0.15, 0.2) is 0 Å². The molecule has 1 unspecified atom stereocenters. The predicted molar refractivity (Wildman–Crippen MR) is 61.9 cm³/mol. The summed E-state index contributed by atoms with van der Waals surface area (Å²) in [6.45, 7) is 3.29. The first-order chi connectivity index (χ1) is 7.19. The quantitative estimate of drug-likeness (QED) is 0.786. The van der Waals surface area contributed by atoms with E-state index in [1.54, 1.807) is 13.3 Å². The van der Waals surface area contributed by atoms with Crippen molar-refractivity contribution in [2.75, 3.05) is 25.7 Å². The van der Waals surface area contributed by atoms with Crippen LogP contribution in [0.15, 0.2) is 18.3 Å². The summed E-state index contributed by atoms with van der Waals surface area (Å²) in [6, 6.07) is 4.32. The second-order valence-electron chi connectivity index (χ2n) is 3.62. The smallest absolute Gasteiger partial charge is 0.0663 e. The van der Waals surface area contributed by atoms with Crippen molar-refractivity contribution >= 4 is 5.69 Å². The van der Waals surface area contributed by atoms with E-state index in [0.717, 1.165) is 11.4 Å². The monoisotopic (exact) mass is 209 g/mol. The molecule has 0 aliphatic heterocycles. The standard InChI is InChI=1S/C11H19N3O/c1-9(8-15-3)14(2)11-4-5-13-10(6-11)7-12/h4-6,9H,7-8,12H2,1-3H3. The molecule has 0 bridgehead atoms. The molecule has 0 aromatic carbocycles. The molecule has 4 nitrogen and oxygen atoms in total. The number of methoxy groups -OCH3 is 1. The minimum Gasteiger partial charge on any atom is -0.383 e. The lowest BCUT2D eigenvalue weighted by Gasteiger charge is -2.26. The summed E-state index contributed by atoms with van der Waals surface area (Å²) in [5, 5.41) is 0. The average molecular weight is 209 g/mol. The van der Waals surface area contributed by atoms with Crippen LogP contribution in [0.3, 0.4) is 0 Å². The molecule has 0 saturated carbocycles. The zero-order chi connectivity index (χ0) is 11.3. The van der Waals surface area contributed by atoms with Gasteiger partial charge in [-0.1, -0.05) is 0 Å². The number of nitrogens with zero attached hydrogens (tertiary/aromatic N) is 2. The highest BCUT2D eigenvalue weighted by Gasteiger charge is 2.09. The molecule has 0 spiro atoms. The maximum atomic E-state index is 5.55. The van der Waals surface area contributed by atoms with Crippen molar-refractivity contribution in [1.82, 2.24) is 4.98 Å². The fourth-order valence-electron chi connectivity index (χ4n) is 1.40. The molecule has 0 aliphatic carbocycles. The lowest BCUT2D eigenvalue weighted by molar-refractivity contribution is 0.183. The number of anilines is 1. The van der Waals surface area contributed by atoms with Crippen LogP contribution in [-0.2, 0) is 11.3 Å².